The van der Waals surface area contributed by atoms with Crippen molar-refractivity contribution in [3.63, 3.8) is 0 Å². The predicted molar refractivity (Wildman–Crippen MR) is 89.8 cm³/mol. The van der Waals surface area contributed by atoms with Gasteiger partial charge in [0, 0.05) is 11.1 Å². The van der Waals surface area contributed by atoms with Crippen LogP contribution in [0.3, 0.4) is 0 Å². The van der Waals surface area contributed by atoms with Crippen LogP contribution in [-0.4, -0.2) is 6.54 Å². The van der Waals surface area contributed by atoms with Gasteiger partial charge in [-0.15, -0.1) is 0 Å². The van der Waals surface area contributed by atoms with E-state index in [1.54, 1.807) is 0 Å². The van der Waals surface area contributed by atoms with Crippen molar-refractivity contribution in [2.75, 3.05) is 6.54 Å². The molecular formula is C19H22ClN. The Labute approximate surface area is 132 Å². The first-order valence-electron chi connectivity index (χ1n) is 7.84. The minimum Gasteiger partial charge on any atom is -0.310 e. The van der Waals surface area contributed by atoms with E-state index in [-0.39, 0.29) is 0 Å². The van der Waals surface area contributed by atoms with Crippen molar-refractivity contribution >= 4 is 11.6 Å². The Kier molecular flexibility index (Phi) is 4.62. The fraction of sp³-hybridized carbons (Fsp3) is 0.368. The molecule has 3 unspecified atom stereocenters. The van der Waals surface area contributed by atoms with Crippen LogP contribution in [0.15, 0.2) is 54.6 Å². The Balaban J connectivity index is 1.80. The number of hydrogen-bond acceptors (Lipinski definition) is 1. The van der Waals surface area contributed by atoms with E-state index in [9.17, 15) is 0 Å². The van der Waals surface area contributed by atoms with Gasteiger partial charge in [0.15, 0.2) is 0 Å². The highest BCUT2D eigenvalue weighted by atomic mass is 35.5. The smallest absolute Gasteiger partial charge is 0.0453 e. The van der Waals surface area contributed by atoms with E-state index in [4.69, 9.17) is 11.6 Å². The van der Waals surface area contributed by atoms with Crippen LogP contribution in [-0.2, 0) is 0 Å². The lowest BCUT2D eigenvalue weighted by Crippen LogP contribution is -2.24. The van der Waals surface area contributed by atoms with Gasteiger partial charge in [0.25, 0.3) is 0 Å². The summed E-state index contributed by atoms with van der Waals surface area (Å²) in [6, 6.07) is 19.5. The minimum atomic E-state index is 0.365. The maximum Gasteiger partial charge on any atom is 0.0453 e. The second kappa shape index (κ2) is 6.64. The molecule has 110 valence electrons. The molecule has 3 rings (SSSR count). The standard InChI is InChI=1S/C19H22ClN/c1-2-12-21-19(15-10-6-7-11-18(15)20)17-13-16(17)14-8-4-3-5-9-14/h3-11,16-17,19,21H,2,12-13H2,1H3. The minimum absolute atomic E-state index is 0.365. The van der Waals surface area contributed by atoms with Gasteiger partial charge in [-0.25, -0.2) is 0 Å². The fourth-order valence-corrected chi connectivity index (χ4v) is 3.44. The first-order chi connectivity index (χ1) is 10.3. The molecule has 1 N–H and O–H groups in total. The van der Waals surface area contributed by atoms with Gasteiger partial charge < -0.3 is 5.32 Å². The summed E-state index contributed by atoms with van der Waals surface area (Å²) in [6.45, 7) is 3.24. The summed E-state index contributed by atoms with van der Waals surface area (Å²) in [7, 11) is 0. The topological polar surface area (TPSA) is 12.0 Å². The van der Waals surface area contributed by atoms with E-state index in [0.717, 1.165) is 18.0 Å². The molecule has 2 aromatic carbocycles. The van der Waals surface area contributed by atoms with Crippen molar-refractivity contribution in [3.05, 3.63) is 70.7 Å². The Hall–Kier alpha value is -1.31. The Bertz CT molecular complexity index is 581. The van der Waals surface area contributed by atoms with Gasteiger partial charge in [-0.2, -0.15) is 0 Å². The third-order valence-electron chi connectivity index (χ3n) is 4.35. The van der Waals surface area contributed by atoms with Crippen molar-refractivity contribution in [2.24, 2.45) is 5.92 Å². The first kappa shape index (κ1) is 14.6. The summed E-state index contributed by atoms with van der Waals surface area (Å²) in [4.78, 5) is 0. The van der Waals surface area contributed by atoms with E-state index in [1.165, 1.54) is 17.5 Å². The van der Waals surface area contributed by atoms with Gasteiger partial charge in [-0.1, -0.05) is 67.1 Å². The van der Waals surface area contributed by atoms with Crippen molar-refractivity contribution in [2.45, 2.75) is 31.7 Å². The molecule has 1 fully saturated rings. The number of benzene rings is 2. The molecule has 1 saturated carbocycles. The molecule has 2 heteroatoms. The highest BCUT2D eigenvalue weighted by Gasteiger charge is 2.44. The largest absolute Gasteiger partial charge is 0.310 e. The summed E-state index contributed by atoms with van der Waals surface area (Å²) in [5.74, 6) is 1.32. The Morgan fingerprint density at radius 1 is 1.10 bits per heavy atom. The summed E-state index contributed by atoms with van der Waals surface area (Å²) in [5.41, 5.74) is 2.70. The average molecular weight is 300 g/mol. The predicted octanol–water partition coefficient (Wildman–Crippen LogP) is 5.18. The molecule has 21 heavy (non-hydrogen) atoms. The highest BCUT2D eigenvalue weighted by Crippen LogP contribution is 2.54. The zero-order chi connectivity index (χ0) is 14.7. The Morgan fingerprint density at radius 3 is 2.52 bits per heavy atom. The lowest BCUT2D eigenvalue weighted by Gasteiger charge is -2.20. The monoisotopic (exact) mass is 299 g/mol. The van der Waals surface area contributed by atoms with Gasteiger partial charge in [-0.05, 0) is 48.4 Å². The lowest BCUT2D eigenvalue weighted by atomic mass is 9.98. The average Bonchev–Trinajstić information content (AvgIpc) is 3.31. The van der Waals surface area contributed by atoms with Crippen molar-refractivity contribution in [3.8, 4) is 0 Å². The Morgan fingerprint density at radius 2 is 1.81 bits per heavy atom. The molecule has 0 amide bonds. The van der Waals surface area contributed by atoms with Crippen LogP contribution in [0.25, 0.3) is 0 Å². The summed E-state index contributed by atoms with van der Waals surface area (Å²) in [6.07, 6.45) is 2.39. The highest BCUT2D eigenvalue weighted by molar-refractivity contribution is 6.31. The van der Waals surface area contributed by atoms with E-state index >= 15 is 0 Å². The quantitative estimate of drug-likeness (QED) is 0.774. The normalized spacial score (nSPS) is 22.0. The van der Waals surface area contributed by atoms with Crippen LogP contribution in [0, 0.1) is 5.92 Å². The zero-order valence-electron chi connectivity index (χ0n) is 12.4. The van der Waals surface area contributed by atoms with Crippen molar-refractivity contribution < 1.29 is 0 Å². The molecule has 0 heterocycles. The summed E-state index contributed by atoms with van der Waals surface area (Å²) >= 11 is 6.42. The molecule has 0 saturated heterocycles. The van der Waals surface area contributed by atoms with Crippen molar-refractivity contribution in [1.29, 1.82) is 0 Å². The maximum atomic E-state index is 6.42. The molecule has 0 aliphatic heterocycles. The molecule has 1 aliphatic carbocycles. The maximum absolute atomic E-state index is 6.42. The number of nitrogens with one attached hydrogen (secondary N) is 1. The van der Waals surface area contributed by atoms with Crippen LogP contribution < -0.4 is 5.32 Å². The van der Waals surface area contributed by atoms with Gasteiger partial charge in [0.05, 0.1) is 0 Å². The molecule has 0 spiro atoms. The van der Waals surface area contributed by atoms with Crippen molar-refractivity contribution in [1.82, 2.24) is 5.32 Å². The van der Waals surface area contributed by atoms with Crippen LogP contribution in [0.4, 0.5) is 0 Å². The summed E-state index contributed by atoms with van der Waals surface area (Å²) in [5, 5.41) is 4.58. The van der Waals surface area contributed by atoms with Gasteiger partial charge >= 0.3 is 0 Å². The van der Waals surface area contributed by atoms with Crippen LogP contribution in [0.2, 0.25) is 5.02 Å². The second-order valence-corrected chi connectivity index (χ2v) is 6.28. The lowest BCUT2D eigenvalue weighted by molar-refractivity contribution is 0.473. The number of rotatable bonds is 6. The molecule has 3 atom stereocenters. The molecule has 1 nitrogen and oxygen atoms in total. The number of hydrogen-bond donors (Lipinski definition) is 1. The first-order valence-corrected chi connectivity index (χ1v) is 8.21. The van der Waals surface area contributed by atoms with E-state index in [2.05, 4.69) is 54.7 Å². The molecule has 2 aromatic rings. The van der Waals surface area contributed by atoms with E-state index < -0.39 is 0 Å². The van der Waals surface area contributed by atoms with Crippen LogP contribution >= 0.6 is 11.6 Å². The van der Waals surface area contributed by atoms with Crippen LogP contribution in [0.1, 0.15) is 42.9 Å². The van der Waals surface area contributed by atoms with Crippen LogP contribution in [0.5, 0.6) is 0 Å². The van der Waals surface area contributed by atoms with E-state index in [0.29, 0.717) is 17.9 Å². The van der Waals surface area contributed by atoms with Gasteiger partial charge in [0.2, 0.25) is 0 Å². The molecule has 0 radical (unpaired) electrons. The molecule has 0 bridgehead atoms. The van der Waals surface area contributed by atoms with Gasteiger partial charge in [0.1, 0.15) is 0 Å². The van der Waals surface area contributed by atoms with Gasteiger partial charge in [-0.3, -0.25) is 0 Å². The molecule has 0 aromatic heterocycles. The molecule has 1 aliphatic rings. The number of halogens is 1. The molecular weight excluding hydrogens is 278 g/mol. The van der Waals surface area contributed by atoms with E-state index in [1.807, 2.05) is 12.1 Å². The fourth-order valence-electron chi connectivity index (χ4n) is 3.19. The second-order valence-electron chi connectivity index (χ2n) is 5.87. The summed E-state index contributed by atoms with van der Waals surface area (Å²) < 4.78 is 0. The third kappa shape index (κ3) is 3.30. The SMILES string of the molecule is CCCNC(c1ccccc1Cl)C1CC1c1ccccc1. The zero-order valence-corrected chi connectivity index (χ0v) is 13.2. The third-order valence-corrected chi connectivity index (χ3v) is 4.69.